The molecular weight excluding hydrogens is 314 g/mol. The van der Waals surface area contributed by atoms with Crippen LogP contribution in [0.15, 0.2) is 24.3 Å². The van der Waals surface area contributed by atoms with Crippen LogP contribution in [0.1, 0.15) is 43.4 Å². The molecule has 2 rings (SSSR count). The fourth-order valence-electron chi connectivity index (χ4n) is 2.80. The van der Waals surface area contributed by atoms with Gasteiger partial charge in [0.15, 0.2) is 0 Å². The zero-order valence-electron chi connectivity index (χ0n) is 13.3. The predicted molar refractivity (Wildman–Crippen MR) is 86.9 cm³/mol. The van der Waals surface area contributed by atoms with Gasteiger partial charge in [-0.1, -0.05) is 18.6 Å². The van der Waals surface area contributed by atoms with Crippen molar-refractivity contribution in [3.05, 3.63) is 35.4 Å². The van der Waals surface area contributed by atoms with E-state index >= 15 is 0 Å². The Morgan fingerprint density at radius 1 is 1.35 bits per heavy atom. The molecule has 1 aromatic rings. The summed E-state index contributed by atoms with van der Waals surface area (Å²) >= 11 is 0. The lowest BCUT2D eigenvalue weighted by molar-refractivity contribution is -0.126. The number of hydrogen-bond acceptors (Lipinski definition) is 4. The molecule has 0 radical (unpaired) electrons. The summed E-state index contributed by atoms with van der Waals surface area (Å²) in [4.78, 5) is 12.5. The lowest BCUT2D eigenvalue weighted by Crippen LogP contribution is -2.51. The number of hydrogen-bond donors (Lipinski definition) is 1. The third-order valence-corrected chi connectivity index (χ3v) is 5.37. The number of sulfonamides is 1. The third-order valence-electron chi connectivity index (χ3n) is 4.08. The molecule has 1 amide bonds. The lowest BCUT2D eigenvalue weighted by Gasteiger charge is -2.33. The molecule has 1 fully saturated rings. The predicted octanol–water partition coefficient (Wildman–Crippen LogP) is 1.55. The number of carbonyl (C=O) groups excluding carboxylic acids is 1. The molecule has 6 nitrogen and oxygen atoms in total. The van der Waals surface area contributed by atoms with Crippen LogP contribution in [-0.4, -0.2) is 37.5 Å². The molecule has 0 saturated carbocycles. The molecule has 0 bridgehead atoms. The molecule has 1 N–H and O–H groups in total. The van der Waals surface area contributed by atoms with Gasteiger partial charge in [-0.05, 0) is 37.5 Å². The topological polar surface area (TPSA) is 90.3 Å². The van der Waals surface area contributed by atoms with Crippen LogP contribution in [0.5, 0.6) is 0 Å². The maximum atomic E-state index is 12.5. The summed E-state index contributed by atoms with van der Waals surface area (Å²) in [6.07, 6.45) is 3.30. The molecule has 23 heavy (non-hydrogen) atoms. The quantitative estimate of drug-likeness (QED) is 0.904. The normalized spacial score (nSPS) is 20.5. The van der Waals surface area contributed by atoms with Gasteiger partial charge in [0, 0.05) is 6.54 Å². The molecule has 1 aromatic carbocycles. The Bertz CT molecular complexity index is 707. The summed E-state index contributed by atoms with van der Waals surface area (Å²) in [5.74, 6) is -0.271. The lowest BCUT2D eigenvalue weighted by atomic mass is 10.0. The SMILES string of the molecule is C[C@@H](NC(=O)[C@@H]1CCCCN1S(C)(=O)=O)c1ccc(C#N)cc1. The number of nitrogens with one attached hydrogen (secondary N) is 1. The minimum atomic E-state index is -3.39. The Morgan fingerprint density at radius 3 is 2.57 bits per heavy atom. The number of amides is 1. The van der Waals surface area contributed by atoms with Crippen LogP contribution >= 0.6 is 0 Å². The smallest absolute Gasteiger partial charge is 0.238 e. The second-order valence-electron chi connectivity index (χ2n) is 5.85. The van der Waals surface area contributed by atoms with Gasteiger partial charge in [-0.25, -0.2) is 8.42 Å². The number of carbonyl (C=O) groups is 1. The zero-order valence-corrected chi connectivity index (χ0v) is 14.1. The van der Waals surface area contributed by atoms with Gasteiger partial charge < -0.3 is 5.32 Å². The minimum absolute atomic E-state index is 0.251. The van der Waals surface area contributed by atoms with Crippen LogP contribution in [0.2, 0.25) is 0 Å². The van der Waals surface area contributed by atoms with Crippen molar-refractivity contribution >= 4 is 15.9 Å². The number of rotatable bonds is 4. The van der Waals surface area contributed by atoms with Gasteiger partial charge in [0.05, 0.1) is 23.9 Å². The van der Waals surface area contributed by atoms with Gasteiger partial charge in [-0.3, -0.25) is 4.79 Å². The Kier molecular flexibility index (Phi) is 5.39. The van der Waals surface area contributed by atoms with Gasteiger partial charge in [0.25, 0.3) is 0 Å². The average molecular weight is 335 g/mol. The average Bonchev–Trinajstić information content (AvgIpc) is 2.54. The highest BCUT2D eigenvalue weighted by Gasteiger charge is 2.34. The third kappa shape index (κ3) is 4.30. The van der Waals surface area contributed by atoms with Gasteiger partial charge >= 0.3 is 0 Å². The number of nitriles is 1. The molecule has 124 valence electrons. The van der Waals surface area contributed by atoms with E-state index in [9.17, 15) is 13.2 Å². The zero-order chi connectivity index (χ0) is 17.0. The summed E-state index contributed by atoms with van der Waals surface area (Å²) < 4.78 is 25.0. The first kappa shape index (κ1) is 17.4. The van der Waals surface area contributed by atoms with E-state index in [1.54, 1.807) is 24.3 Å². The van der Waals surface area contributed by atoms with Crippen molar-refractivity contribution in [1.29, 1.82) is 5.26 Å². The van der Waals surface area contributed by atoms with Crippen LogP contribution in [0.4, 0.5) is 0 Å². The van der Waals surface area contributed by atoms with Crippen LogP contribution < -0.4 is 5.32 Å². The molecule has 1 aliphatic heterocycles. The number of piperidine rings is 1. The number of nitrogens with zero attached hydrogens (tertiary/aromatic N) is 2. The summed E-state index contributed by atoms with van der Waals surface area (Å²) in [6, 6.07) is 8.13. The Morgan fingerprint density at radius 2 is 2.00 bits per heavy atom. The van der Waals surface area contributed by atoms with E-state index in [2.05, 4.69) is 5.32 Å². The summed E-state index contributed by atoms with van der Waals surface area (Å²) in [5.41, 5.74) is 1.43. The van der Waals surface area contributed by atoms with Crippen LogP contribution in [0.3, 0.4) is 0 Å². The summed E-state index contributed by atoms with van der Waals surface area (Å²) in [7, 11) is -3.39. The van der Waals surface area contributed by atoms with E-state index in [1.807, 2.05) is 13.0 Å². The summed E-state index contributed by atoms with van der Waals surface area (Å²) in [5, 5.41) is 11.7. The van der Waals surface area contributed by atoms with Crippen molar-refractivity contribution in [3.8, 4) is 6.07 Å². The molecule has 1 heterocycles. The molecule has 0 spiro atoms. The number of benzene rings is 1. The first-order valence-corrected chi connectivity index (χ1v) is 9.45. The van der Waals surface area contributed by atoms with Gasteiger partial charge in [0.2, 0.25) is 15.9 Å². The highest BCUT2D eigenvalue weighted by Crippen LogP contribution is 2.21. The minimum Gasteiger partial charge on any atom is -0.348 e. The molecule has 0 unspecified atom stereocenters. The van der Waals surface area contributed by atoms with Crippen LogP contribution in [-0.2, 0) is 14.8 Å². The fourth-order valence-corrected chi connectivity index (χ4v) is 3.93. The molecule has 0 aromatic heterocycles. The highest BCUT2D eigenvalue weighted by atomic mass is 32.2. The van der Waals surface area contributed by atoms with Crippen LogP contribution in [0.25, 0.3) is 0 Å². The van der Waals surface area contributed by atoms with Crippen molar-refractivity contribution < 1.29 is 13.2 Å². The molecule has 7 heteroatoms. The van der Waals surface area contributed by atoms with E-state index < -0.39 is 16.1 Å². The molecule has 1 saturated heterocycles. The Hall–Kier alpha value is -1.91. The van der Waals surface area contributed by atoms with Gasteiger partial charge in [-0.15, -0.1) is 0 Å². The molecular formula is C16H21N3O3S. The Balaban J connectivity index is 2.08. The van der Waals surface area contributed by atoms with E-state index in [-0.39, 0.29) is 11.9 Å². The summed E-state index contributed by atoms with van der Waals surface area (Å²) in [6.45, 7) is 2.23. The van der Waals surface area contributed by atoms with Gasteiger partial charge in [0.1, 0.15) is 6.04 Å². The molecule has 1 aliphatic rings. The first-order valence-electron chi connectivity index (χ1n) is 7.60. The van der Waals surface area contributed by atoms with Crippen molar-refractivity contribution in [2.75, 3.05) is 12.8 Å². The van der Waals surface area contributed by atoms with Crippen molar-refractivity contribution in [3.63, 3.8) is 0 Å². The maximum Gasteiger partial charge on any atom is 0.238 e. The van der Waals surface area contributed by atoms with E-state index in [4.69, 9.17) is 5.26 Å². The standard InChI is InChI=1S/C16H21N3O3S/c1-12(14-8-6-13(11-17)7-9-14)18-16(20)15-5-3-4-10-19(15)23(2,21)22/h6-9,12,15H,3-5,10H2,1-2H3,(H,18,20)/t12-,15+/m1/s1. The Labute approximate surface area is 137 Å². The second kappa shape index (κ2) is 7.11. The monoisotopic (exact) mass is 335 g/mol. The van der Waals surface area contributed by atoms with E-state index in [0.29, 0.717) is 18.5 Å². The van der Waals surface area contributed by atoms with E-state index in [1.165, 1.54) is 4.31 Å². The molecule has 2 atom stereocenters. The highest BCUT2D eigenvalue weighted by molar-refractivity contribution is 7.88. The van der Waals surface area contributed by atoms with Gasteiger partial charge in [-0.2, -0.15) is 9.57 Å². The molecule has 0 aliphatic carbocycles. The first-order chi connectivity index (χ1) is 10.8. The van der Waals surface area contributed by atoms with Crippen molar-refractivity contribution in [2.24, 2.45) is 0 Å². The van der Waals surface area contributed by atoms with Crippen LogP contribution in [0, 0.1) is 11.3 Å². The maximum absolute atomic E-state index is 12.5. The van der Waals surface area contributed by atoms with Crippen molar-refractivity contribution in [2.45, 2.75) is 38.3 Å². The van der Waals surface area contributed by atoms with E-state index in [0.717, 1.165) is 24.7 Å². The fraction of sp³-hybridized carbons (Fsp3) is 0.500. The van der Waals surface area contributed by atoms with Crippen molar-refractivity contribution in [1.82, 2.24) is 9.62 Å². The largest absolute Gasteiger partial charge is 0.348 e. The second-order valence-corrected chi connectivity index (χ2v) is 7.78.